The monoisotopic (exact) mass is 167 g/mol. The van der Waals surface area contributed by atoms with Gasteiger partial charge in [0.1, 0.15) is 5.57 Å². The number of carbonyl (C=O) groups excluding carboxylic acids is 1. The molecule has 1 heterocycles. The van der Waals surface area contributed by atoms with Crippen molar-refractivity contribution in [3.05, 3.63) is 17.3 Å². The minimum absolute atomic E-state index is 0.0712. The number of likely N-dealkylation sites (N-methyl/N-ethyl adjacent to an activating group) is 1. The molecule has 0 aromatic rings. The van der Waals surface area contributed by atoms with Crippen LogP contribution in [0.1, 0.15) is 13.8 Å². The highest BCUT2D eigenvalue weighted by atomic mass is 16.1. The average molecular weight is 167 g/mol. The largest absolute Gasteiger partial charge is 0.355 e. The molecule has 0 bridgehead atoms. The molecule has 0 atom stereocenters. The summed E-state index contributed by atoms with van der Waals surface area (Å²) in [6, 6.07) is 0.773. The topological polar surface area (TPSA) is 44.5 Å². The van der Waals surface area contributed by atoms with Crippen molar-refractivity contribution in [2.45, 2.75) is 13.8 Å². The van der Waals surface area contributed by atoms with Gasteiger partial charge in [-0.05, 0) is 12.0 Å². The maximum Gasteiger partial charge on any atom is 0.256 e. The Morgan fingerprint density at radius 1 is 1.50 bits per heavy atom. The predicted octanol–water partition coefficient (Wildman–Crippen LogP) is 0.666. The van der Waals surface area contributed by atoms with E-state index in [-0.39, 0.29) is 5.91 Å². The molecule has 0 unspecified atom stereocenters. The van der Waals surface area contributed by atoms with Gasteiger partial charge in [-0.3, -0.25) is 4.79 Å². The van der Waals surface area contributed by atoms with Gasteiger partial charge in [0.15, 0.2) is 13.1 Å². The van der Waals surface area contributed by atoms with Crippen molar-refractivity contribution in [3.63, 3.8) is 0 Å². The molecule has 12 heavy (non-hydrogen) atoms. The number of allylic oxidation sites excluding steroid dienone is 1. The molecule has 4 nitrogen and oxygen atoms in total. The number of nitrogens with zero attached hydrogens (tertiary/aromatic N) is 2. The van der Waals surface area contributed by atoms with E-state index in [1.54, 1.807) is 11.7 Å². The van der Waals surface area contributed by atoms with E-state index in [1.165, 1.54) is 0 Å². The van der Waals surface area contributed by atoms with Crippen LogP contribution in [0, 0.1) is 6.04 Å². The first-order valence-electron chi connectivity index (χ1n) is 3.80. The Kier molecular flexibility index (Phi) is 2.26. The zero-order chi connectivity index (χ0) is 9.30. The minimum atomic E-state index is -0.0712. The lowest BCUT2D eigenvalue weighted by atomic mass is 10.1. The second-order valence-corrected chi connectivity index (χ2v) is 2.75. The molecule has 0 aromatic heterocycles. The van der Waals surface area contributed by atoms with Crippen LogP contribution in [-0.4, -0.2) is 24.7 Å². The first-order chi connectivity index (χ1) is 5.57. The normalized spacial score (nSPS) is 18.2. The summed E-state index contributed by atoms with van der Waals surface area (Å²) >= 11 is 0. The lowest BCUT2D eigenvalue weighted by Crippen LogP contribution is -2.22. The van der Waals surface area contributed by atoms with Crippen LogP contribution in [0.4, 0.5) is 0 Å². The van der Waals surface area contributed by atoms with Crippen molar-refractivity contribution in [2.24, 2.45) is 5.11 Å². The number of hydrogen-bond donors (Lipinski definition) is 1. The molecule has 1 aliphatic heterocycles. The number of carbonyl (C=O) groups is 1. The van der Waals surface area contributed by atoms with E-state index in [1.807, 2.05) is 20.9 Å². The highest BCUT2D eigenvalue weighted by Gasteiger charge is 2.33. The molecule has 0 saturated carbocycles. The SMILES string of the molecule is CNC(=O)C1=C(C)[N+](C)=N[C]1C. The van der Waals surface area contributed by atoms with Crippen molar-refractivity contribution in [1.29, 1.82) is 0 Å². The van der Waals surface area contributed by atoms with Gasteiger partial charge in [-0.1, -0.05) is 4.70 Å². The first kappa shape index (κ1) is 8.90. The Morgan fingerprint density at radius 3 is 2.42 bits per heavy atom. The van der Waals surface area contributed by atoms with Crippen molar-refractivity contribution in [1.82, 2.24) is 5.32 Å². The first-order valence-corrected chi connectivity index (χ1v) is 3.80. The summed E-state index contributed by atoms with van der Waals surface area (Å²) in [5, 5.41) is 6.72. The summed E-state index contributed by atoms with van der Waals surface area (Å²) in [6.45, 7) is 3.71. The molecule has 0 saturated heterocycles. The zero-order valence-electron chi connectivity index (χ0n) is 7.80. The number of azo groups is 2. The average Bonchev–Trinajstić information content (AvgIpc) is 2.26. The van der Waals surface area contributed by atoms with E-state index < -0.39 is 0 Å². The van der Waals surface area contributed by atoms with Crippen LogP contribution in [0.5, 0.6) is 0 Å². The fourth-order valence-electron chi connectivity index (χ4n) is 1.23. The van der Waals surface area contributed by atoms with Crippen LogP contribution >= 0.6 is 0 Å². The third-order valence-electron chi connectivity index (χ3n) is 1.96. The molecule has 1 rings (SSSR count). The second-order valence-electron chi connectivity index (χ2n) is 2.75. The summed E-state index contributed by atoms with van der Waals surface area (Å²) in [5.41, 5.74) is 1.58. The third kappa shape index (κ3) is 1.24. The summed E-state index contributed by atoms with van der Waals surface area (Å²) in [7, 11) is 3.45. The standard InChI is InChI=1S/C8H12N3O/c1-5-7(8(12)9-3)6(2)11(4)10-5/h1-4H3/p+1. The van der Waals surface area contributed by atoms with Gasteiger partial charge in [-0.2, -0.15) is 0 Å². The lowest BCUT2D eigenvalue weighted by molar-refractivity contribution is -0.509. The van der Waals surface area contributed by atoms with E-state index in [9.17, 15) is 4.79 Å². The van der Waals surface area contributed by atoms with Crippen molar-refractivity contribution in [3.8, 4) is 0 Å². The predicted molar refractivity (Wildman–Crippen MR) is 44.3 cm³/mol. The molecule has 1 radical (unpaired) electrons. The Morgan fingerprint density at radius 2 is 2.08 bits per heavy atom. The summed E-state index contributed by atoms with van der Waals surface area (Å²) < 4.78 is 1.71. The Bertz CT molecular complexity index is 278. The van der Waals surface area contributed by atoms with Crippen LogP contribution in [0.2, 0.25) is 0 Å². The highest BCUT2D eigenvalue weighted by Crippen LogP contribution is 2.25. The quantitative estimate of drug-likeness (QED) is 0.573. The maximum absolute atomic E-state index is 11.3. The Hall–Kier alpha value is -1.19. The molecular formula is C8H13N3O+. The van der Waals surface area contributed by atoms with E-state index in [2.05, 4.69) is 10.4 Å². The molecule has 0 aliphatic carbocycles. The number of nitrogens with one attached hydrogen (secondary N) is 1. The van der Waals surface area contributed by atoms with Gasteiger partial charge < -0.3 is 5.32 Å². The number of rotatable bonds is 1. The fourth-order valence-corrected chi connectivity index (χ4v) is 1.23. The van der Waals surface area contributed by atoms with Crippen LogP contribution in [-0.2, 0) is 4.79 Å². The molecule has 1 amide bonds. The van der Waals surface area contributed by atoms with Crippen molar-refractivity contribution < 1.29 is 9.49 Å². The Labute approximate surface area is 72.0 Å². The number of hydrogen-bond acceptors (Lipinski definition) is 2. The Balaban J connectivity index is 3.00. The molecule has 4 heteroatoms. The van der Waals surface area contributed by atoms with E-state index in [4.69, 9.17) is 0 Å². The smallest absolute Gasteiger partial charge is 0.256 e. The minimum Gasteiger partial charge on any atom is -0.355 e. The third-order valence-corrected chi connectivity index (χ3v) is 1.96. The fraction of sp³-hybridized carbons (Fsp3) is 0.500. The van der Waals surface area contributed by atoms with Gasteiger partial charge in [0.2, 0.25) is 5.70 Å². The van der Waals surface area contributed by atoms with Gasteiger partial charge >= 0.3 is 0 Å². The van der Waals surface area contributed by atoms with E-state index >= 15 is 0 Å². The summed E-state index contributed by atoms with van der Waals surface area (Å²) in [5.74, 6) is -0.0712. The van der Waals surface area contributed by atoms with Crippen molar-refractivity contribution in [2.75, 3.05) is 14.1 Å². The molecule has 1 aliphatic rings. The highest BCUT2D eigenvalue weighted by molar-refractivity contribution is 5.96. The summed E-state index contributed by atoms with van der Waals surface area (Å²) in [6.07, 6.45) is 0. The maximum atomic E-state index is 11.3. The van der Waals surface area contributed by atoms with E-state index in [0.29, 0.717) is 5.57 Å². The van der Waals surface area contributed by atoms with Crippen LogP contribution in [0.3, 0.4) is 0 Å². The molecule has 1 N–H and O–H groups in total. The molecule has 0 fully saturated rings. The second kappa shape index (κ2) is 3.05. The van der Waals surface area contributed by atoms with E-state index in [0.717, 1.165) is 11.7 Å². The van der Waals surface area contributed by atoms with Crippen LogP contribution in [0.15, 0.2) is 16.4 Å². The summed E-state index contributed by atoms with van der Waals surface area (Å²) in [4.78, 5) is 11.3. The van der Waals surface area contributed by atoms with Gasteiger partial charge in [-0.25, -0.2) is 0 Å². The van der Waals surface area contributed by atoms with Crippen LogP contribution in [0.25, 0.3) is 0 Å². The molecule has 65 valence electrons. The zero-order valence-corrected chi connectivity index (χ0v) is 7.80. The van der Waals surface area contributed by atoms with Crippen LogP contribution < -0.4 is 5.32 Å². The van der Waals surface area contributed by atoms with Gasteiger partial charge in [-0.15, -0.1) is 0 Å². The molecular weight excluding hydrogens is 154 g/mol. The lowest BCUT2D eigenvalue weighted by Gasteiger charge is -1.99. The van der Waals surface area contributed by atoms with Gasteiger partial charge in [0.05, 0.1) is 0 Å². The van der Waals surface area contributed by atoms with Gasteiger partial charge in [0, 0.05) is 14.0 Å². The number of amides is 1. The van der Waals surface area contributed by atoms with Crippen molar-refractivity contribution >= 4 is 5.91 Å². The van der Waals surface area contributed by atoms with Gasteiger partial charge in [0.25, 0.3) is 5.91 Å². The molecule has 0 aromatic carbocycles. The molecule has 0 spiro atoms.